The van der Waals surface area contributed by atoms with Crippen LogP contribution in [0.4, 0.5) is 0 Å². The Morgan fingerprint density at radius 1 is 0.388 bits per heavy atom. The lowest BCUT2D eigenvalue weighted by atomic mass is 9.86. The number of carboxylic acids is 3. The largest absolute Gasteiger partial charge is 0.477 e. The molecule has 7 fully saturated rings. The molecular weight excluding hydrogens is 1960 g/mol. The summed E-state index contributed by atoms with van der Waals surface area (Å²) >= 11 is 0. The number of hydrogen-bond donors (Lipinski definition) is 29. The van der Waals surface area contributed by atoms with Gasteiger partial charge in [-0.25, -0.2) is 14.4 Å². The van der Waals surface area contributed by atoms with E-state index in [1.807, 2.05) is 0 Å². The van der Waals surface area contributed by atoms with Gasteiger partial charge in [-0.15, -0.1) is 0 Å². The van der Waals surface area contributed by atoms with Crippen molar-refractivity contribution in [2.45, 2.75) is 472 Å². The van der Waals surface area contributed by atoms with E-state index in [0.717, 1.165) is 124 Å². The molecular formula is C96H164N4O47. The summed E-state index contributed by atoms with van der Waals surface area (Å²) in [6.45, 7) is -2.11. The number of aliphatic hydroxyl groups excluding tert-OH is 22. The van der Waals surface area contributed by atoms with Crippen LogP contribution >= 0.6 is 0 Å². The van der Waals surface area contributed by atoms with Crippen molar-refractivity contribution in [3.8, 4) is 0 Å². The SMILES string of the molecule is CCCCCCC=CCCCCCCCCCC(=O)N[C@@H](CO[C@@H]1O[C@H](CO)[C@@H](O[C@@H]2O[C@H](CO)[C@H](O[C@@H]3O[C@H](CO)[C@H](O)[C@H](O[C@@H]4O[C@H](CO)[C@H](O)[C@H](O[C@]5(C(=O)O)C[C@H](O)[C@@H](NC(C)=O)C([C@H](O)[C@H](O)CO)O5)[C@H]4O)[C@H]3CC(C)=O)[C@H](O[C@]3(C(=O)O)C[C@H](O)[C@@H](NC(C)=O)C([C@H](O)[C@@H](CO)O[C@]4(C(=O)O)C[C@H](O)[C@@H](NC(C)=O)C([C@H](O)[C@H](O)CO)O4)O3)[C@H]2O)[C@H](O)[C@H]1O)[C@H](O)C=CCCCCCCCCCCCCC. The van der Waals surface area contributed by atoms with E-state index in [-0.39, 0.29) is 6.42 Å². The molecule has 0 radical (unpaired) electrons. The normalized spacial score (nSPS) is 35.6. The Labute approximate surface area is 852 Å². The maximum atomic E-state index is 14.6. The summed E-state index contributed by atoms with van der Waals surface area (Å²) < 4.78 is 84.9. The fourth-order valence-electron chi connectivity index (χ4n) is 19.4. The predicted molar refractivity (Wildman–Crippen MR) is 502 cm³/mol. The van der Waals surface area contributed by atoms with Crippen LogP contribution in [-0.4, -0.2) is 465 Å². The van der Waals surface area contributed by atoms with Gasteiger partial charge in [-0.3, -0.25) is 19.2 Å². The maximum Gasteiger partial charge on any atom is 0.364 e. The minimum Gasteiger partial charge on any atom is -0.477 e. The topological polar surface area (TPSA) is 820 Å². The molecule has 7 aliphatic rings. The lowest BCUT2D eigenvalue weighted by Gasteiger charge is -2.53. The fourth-order valence-corrected chi connectivity index (χ4v) is 19.4. The number of ether oxygens (including phenoxy) is 14. The molecule has 0 aliphatic carbocycles. The number of unbranched alkanes of at least 4 members (excludes halogenated alkanes) is 22. The average molecular weight is 2130 g/mol. The zero-order valence-corrected chi connectivity index (χ0v) is 84.2. The Morgan fingerprint density at radius 3 is 1.19 bits per heavy atom. The third kappa shape index (κ3) is 36.0. The van der Waals surface area contributed by atoms with Gasteiger partial charge < -0.3 is 220 Å². The first kappa shape index (κ1) is 128. The van der Waals surface area contributed by atoms with Gasteiger partial charge in [-0.1, -0.05) is 154 Å². The standard InChI is InChI=1S/C96H164N4O47/c1-7-9-11-13-15-17-19-21-22-24-26-28-30-32-34-36-66(118)100-54(55(112)35-33-31-29-27-25-23-20-18-16-14-12-10-8-2)48-134-88-76(125)75(124)80(64(46-106)137-88)140-90-78(127)86(147-96(93(132)133)40-58(115)69(99-52(6)111)84(145-96)74(123)63(45-105)142-94(91(128)129)38-56(113)67(97-50(4)109)82(143-94)70(119)59(116)41-101)81(65(47-107)138-90)141-87-53(37-49(3)108)79(72(121)61(43-103)135-87)139-89-77(126)85(73(122)62(44-104)136-89)146-95(92(130)131)39-57(114)68(98-51(5)110)83(144-95)71(120)60(117)42-102/h17,19,33,35,53-65,67-90,101-107,112-117,119-127H,7-16,18,20-32,34,36-48H2,1-6H3,(H,97,109)(H,98,110)(H,99,111)(H,100,118)(H,128,129)(H,130,131)(H,132,133)/t53-,54+,55-,56+,57+,58+,59-,60-,61-,62-,63-,64-,65-,67-,68-,69-,70-,71-,72+,73+,74-,75-,76-,77-,78-,79-,80-,81+,82?,83?,84?,85+,86-,87+,88-,89+,90+,94-,95+,96+/m1/s1. The third-order valence-corrected chi connectivity index (χ3v) is 27.5. The van der Waals surface area contributed by atoms with Crippen molar-refractivity contribution in [1.82, 2.24) is 21.3 Å². The molecule has 0 spiro atoms. The molecule has 0 aromatic carbocycles. The summed E-state index contributed by atoms with van der Waals surface area (Å²) in [4.78, 5) is 108. The van der Waals surface area contributed by atoms with Gasteiger partial charge in [-0.2, -0.15) is 0 Å². The highest BCUT2D eigenvalue weighted by Gasteiger charge is 2.66. The molecule has 51 heteroatoms. The molecule has 40 atom stereocenters. The van der Waals surface area contributed by atoms with Crippen molar-refractivity contribution >= 4 is 47.3 Å². The van der Waals surface area contributed by atoms with Crippen LogP contribution in [0.3, 0.4) is 0 Å². The summed E-state index contributed by atoms with van der Waals surface area (Å²) in [7, 11) is 0. The van der Waals surface area contributed by atoms with E-state index in [1.165, 1.54) is 57.4 Å². The quantitative estimate of drug-likeness (QED) is 0.0199. The van der Waals surface area contributed by atoms with Gasteiger partial charge in [-0.05, 0) is 51.9 Å². The molecule has 7 rings (SSSR count). The minimum atomic E-state index is -3.80. The molecule has 4 amide bonds. The van der Waals surface area contributed by atoms with E-state index < -0.39 is 369 Å². The Hall–Kier alpha value is -6.00. The van der Waals surface area contributed by atoms with Crippen molar-refractivity contribution < 1.29 is 232 Å². The Kier molecular flexibility index (Phi) is 54.9. The summed E-state index contributed by atoms with van der Waals surface area (Å²) in [6.07, 6.45) is -47.2. The van der Waals surface area contributed by atoms with E-state index in [0.29, 0.717) is 12.8 Å². The molecule has 7 heterocycles. The number of aliphatic carboxylic acids is 3. The number of Topliss-reactive ketones (excluding diaryl/α,β-unsaturated/α-hetero) is 1. The van der Waals surface area contributed by atoms with Gasteiger partial charge >= 0.3 is 17.9 Å². The van der Waals surface area contributed by atoms with Gasteiger partial charge in [0, 0.05) is 58.8 Å². The molecule has 850 valence electrons. The van der Waals surface area contributed by atoms with Gasteiger partial charge in [0.05, 0.1) is 108 Å². The zero-order chi connectivity index (χ0) is 109. The number of aliphatic hydroxyl groups is 22. The van der Waals surface area contributed by atoms with Crippen molar-refractivity contribution in [2.75, 3.05) is 52.9 Å². The fraction of sp³-hybridized carbons (Fsp3) is 0.875. The van der Waals surface area contributed by atoms with E-state index >= 15 is 0 Å². The number of hydrogen-bond acceptors (Lipinski definition) is 44. The summed E-state index contributed by atoms with van der Waals surface area (Å²) in [5, 5.41) is 296. The molecule has 0 bridgehead atoms. The zero-order valence-electron chi connectivity index (χ0n) is 84.2. The lowest BCUT2D eigenvalue weighted by molar-refractivity contribution is -0.409. The van der Waals surface area contributed by atoms with Crippen LogP contribution in [0.1, 0.15) is 234 Å². The van der Waals surface area contributed by atoms with Crippen LogP contribution < -0.4 is 21.3 Å². The van der Waals surface area contributed by atoms with Crippen molar-refractivity contribution in [3.63, 3.8) is 0 Å². The molecule has 3 unspecified atom stereocenters. The first-order valence-electron chi connectivity index (χ1n) is 51.2. The van der Waals surface area contributed by atoms with Crippen LogP contribution in [0.25, 0.3) is 0 Å². The Bertz CT molecular complexity index is 3970. The number of carbonyl (C=O) groups excluding carboxylic acids is 5. The monoisotopic (exact) mass is 2130 g/mol. The average Bonchev–Trinajstić information content (AvgIpc) is 0.736. The number of allylic oxidation sites excluding steroid dienone is 3. The smallest absolute Gasteiger partial charge is 0.364 e. The second kappa shape index (κ2) is 63.1. The molecule has 29 N–H and O–H groups in total. The highest BCUT2D eigenvalue weighted by molar-refractivity contribution is 5.79. The number of ketones is 1. The lowest BCUT2D eigenvalue weighted by Crippen LogP contribution is -2.72. The van der Waals surface area contributed by atoms with E-state index in [2.05, 4.69) is 47.3 Å². The molecule has 147 heavy (non-hydrogen) atoms. The molecule has 0 saturated carbocycles. The van der Waals surface area contributed by atoms with Crippen LogP contribution in [0.15, 0.2) is 24.3 Å². The summed E-state index contributed by atoms with van der Waals surface area (Å²) in [5.74, 6) is -23.9. The number of rotatable bonds is 66. The van der Waals surface area contributed by atoms with Crippen LogP contribution in [0.2, 0.25) is 0 Å². The molecule has 0 aromatic heterocycles. The predicted octanol–water partition coefficient (Wildman–Crippen LogP) is -5.83. The second-order valence-electron chi connectivity index (χ2n) is 39.2. The van der Waals surface area contributed by atoms with E-state index in [9.17, 15) is 166 Å². The first-order valence-corrected chi connectivity index (χ1v) is 51.2. The molecule has 51 nitrogen and oxygen atoms in total. The van der Waals surface area contributed by atoms with Crippen molar-refractivity contribution in [1.29, 1.82) is 0 Å². The number of amides is 4. The van der Waals surface area contributed by atoms with Gasteiger partial charge in [0.2, 0.25) is 23.6 Å². The summed E-state index contributed by atoms with van der Waals surface area (Å²) in [5.41, 5.74) is 0. The number of nitrogens with one attached hydrogen (secondary N) is 4. The number of carboxylic acid groups (broad SMARTS) is 3. The van der Waals surface area contributed by atoms with Gasteiger partial charge in [0.15, 0.2) is 25.2 Å². The van der Waals surface area contributed by atoms with E-state index in [1.54, 1.807) is 6.08 Å². The second-order valence-corrected chi connectivity index (χ2v) is 39.2. The highest BCUT2D eigenvalue weighted by Crippen LogP contribution is 2.46. The summed E-state index contributed by atoms with van der Waals surface area (Å²) in [6, 6.07) is -7.09. The van der Waals surface area contributed by atoms with Gasteiger partial charge in [0.1, 0.15) is 146 Å². The number of carbonyl (C=O) groups is 8. The first-order chi connectivity index (χ1) is 69.9. The van der Waals surface area contributed by atoms with Crippen LogP contribution in [0.5, 0.6) is 0 Å². The molecule has 0 aromatic rings. The third-order valence-electron chi connectivity index (χ3n) is 27.5. The van der Waals surface area contributed by atoms with Crippen LogP contribution in [0, 0.1) is 5.92 Å². The van der Waals surface area contributed by atoms with E-state index in [4.69, 9.17) is 66.3 Å². The molecule has 7 saturated heterocycles. The molecule has 7 aliphatic heterocycles. The van der Waals surface area contributed by atoms with Crippen molar-refractivity contribution in [2.24, 2.45) is 5.92 Å². The highest BCUT2D eigenvalue weighted by atomic mass is 16.8. The van der Waals surface area contributed by atoms with Crippen molar-refractivity contribution in [3.05, 3.63) is 24.3 Å². The maximum absolute atomic E-state index is 14.6. The van der Waals surface area contributed by atoms with Crippen LogP contribution in [-0.2, 0) is 105 Å². The van der Waals surface area contributed by atoms with Gasteiger partial charge in [0.25, 0.3) is 17.4 Å². The Balaban J connectivity index is 1.26. The minimum absolute atomic E-state index is 0.0398. The Morgan fingerprint density at radius 2 is 0.755 bits per heavy atom.